The van der Waals surface area contributed by atoms with Gasteiger partial charge in [0.05, 0.1) is 12.2 Å². The largest absolute Gasteiger partial charge is 0.392 e. The van der Waals surface area contributed by atoms with Gasteiger partial charge in [-0.25, -0.2) is 0 Å². The van der Waals surface area contributed by atoms with E-state index in [9.17, 15) is 20.1 Å². The van der Waals surface area contributed by atoms with Crippen LogP contribution in [0.1, 0.15) is 52.9 Å². The van der Waals surface area contributed by atoms with E-state index >= 15 is 0 Å². The van der Waals surface area contributed by atoms with Crippen molar-refractivity contribution in [2.75, 3.05) is 0 Å². The van der Waals surface area contributed by atoms with Crippen molar-refractivity contribution in [2.24, 2.45) is 28.6 Å². The van der Waals surface area contributed by atoms with E-state index in [4.69, 9.17) is 0 Å². The molecule has 0 radical (unpaired) electrons. The quantitative estimate of drug-likeness (QED) is 0.637. The molecule has 0 spiro atoms. The highest BCUT2D eigenvalue weighted by Gasteiger charge is 2.66. The number of hydrogen-bond donors (Lipinski definition) is 3. The SMILES string of the molecule is CC(=O)[C@@]1(O)CC[C@H]2[C@@H]3[C@@H](O)CC4=C[C@@H](O)C=C[C@]4(C)[C@H]3CC[C@@]21C. The molecule has 4 nitrogen and oxygen atoms in total. The molecule has 4 heteroatoms. The number of carbonyl (C=O) groups is 1. The van der Waals surface area contributed by atoms with E-state index < -0.39 is 23.2 Å². The Morgan fingerprint density at radius 2 is 1.84 bits per heavy atom. The third kappa shape index (κ3) is 2.08. The fourth-order valence-corrected chi connectivity index (χ4v) is 6.88. The Kier molecular flexibility index (Phi) is 3.68. The second-order valence-corrected chi connectivity index (χ2v) is 9.30. The monoisotopic (exact) mass is 346 g/mol. The first kappa shape index (κ1) is 17.4. The van der Waals surface area contributed by atoms with Crippen molar-refractivity contribution in [3.05, 3.63) is 23.8 Å². The van der Waals surface area contributed by atoms with Crippen LogP contribution >= 0.6 is 0 Å². The minimum absolute atomic E-state index is 0.0918. The molecule has 0 bridgehead atoms. The zero-order valence-electron chi connectivity index (χ0n) is 15.4. The molecule has 0 amide bonds. The summed E-state index contributed by atoms with van der Waals surface area (Å²) in [5, 5.41) is 32.1. The Balaban J connectivity index is 1.75. The lowest BCUT2D eigenvalue weighted by atomic mass is 9.46. The minimum Gasteiger partial charge on any atom is -0.392 e. The average Bonchev–Trinajstić information content (AvgIpc) is 2.82. The molecule has 0 aromatic carbocycles. The maximum Gasteiger partial charge on any atom is 0.161 e. The fourth-order valence-electron chi connectivity index (χ4n) is 6.88. The molecule has 138 valence electrons. The van der Waals surface area contributed by atoms with Crippen LogP contribution in [0, 0.1) is 28.6 Å². The predicted molar refractivity (Wildman–Crippen MR) is 94.6 cm³/mol. The van der Waals surface area contributed by atoms with Crippen LogP contribution in [0.4, 0.5) is 0 Å². The molecule has 8 atom stereocenters. The normalized spacial score (nSPS) is 54.3. The highest BCUT2D eigenvalue weighted by molar-refractivity contribution is 5.86. The third-order valence-electron chi connectivity index (χ3n) is 8.41. The molecule has 3 N–H and O–H groups in total. The van der Waals surface area contributed by atoms with Gasteiger partial charge in [-0.05, 0) is 56.8 Å². The Morgan fingerprint density at radius 3 is 2.52 bits per heavy atom. The standard InChI is InChI=1S/C21H30O4/c1-12(22)21(25)9-6-16-18-15(5-8-20(16,21)3)19(2)7-4-14(23)10-13(19)11-17(18)24/h4,7,10,14-18,23-25H,5-6,8-9,11H2,1-3H3/t14-,15-,16-,17-,18+,19-,20-,21-/m0/s1. The molecular weight excluding hydrogens is 316 g/mol. The predicted octanol–water partition coefficient (Wildman–Crippen LogP) is 2.38. The molecule has 4 aliphatic carbocycles. The summed E-state index contributed by atoms with van der Waals surface area (Å²) in [6.45, 7) is 5.78. The van der Waals surface area contributed by atoms with Crippen molar-refractivity contribution >= 4 is 5.78 Å². The van der Waals surface area contributed by atoms with Gasteiger partial charge < -0.3 is 15.3 Å². The topological polar surface area (TPSA) is 77.8 Å². The fraction of sp³-hybridized carbons (Fsp3) is 0.762. The second kappa shape index (κ2) is 5.28. The second-order valence-electron chi connectivity index (χ2n) is 9.30. The summed E-state index contributed by atoms with van der Waals surface area (Å²) in [6, 6.07) is 0. The van der Waals surface area contributed by atoms with Crippen LogP contribution in [0.2, 0.25) is 0 Å². The van der Waals surface area contributed by atoms with Gasteiger partial charge in [0.15, 0.2) is 5.78 Å². The van der Waals surface area contributed by atoms with Crippen molar-refractivity contribution in [1.82, 2.24) is 0 Å². The van der Waals surface area contributed by atoms with Crippen LogP contribution < -0.4 is 0 Å². The molecule has 4 rings (SSSR count). The molecular formula is C21H30O4. The lowest BCUT2D eigenvalue weighted by molar-refractivity contribution is -0.165. The first-order valence-corrected chi connectivity index (χ1v) is 9.63. The van der Waals surface area contributed by atoms with Gasteiger partial charge in [0.1, 0.15) is 5.60 Å². The van der Waals surface area contributed by atoms with E-state index in [0.29, 0.717) is 18.8 Å². The number of carbonyl (C=O) groups excluding carboxylic acids is 1. The van der Waals surface area contributed by atoms with Gasteiger partial charge in [0, 0.05) is 10.8 Å². The van der Waals surface area contributed by atoms with E-state index in [-0.39, 0.29) is 23.0 Å². The first-order chi connectivity index (χ1) is 11.6. The molecule has 25 heavy (non-hydrogen) atoms. The first-order valence-electron chi connectivity index (χ1n) is 9.63. The summed E-state index contributed by atoms with van der Waals surface area (Å²) in [5.74, 6) is 0.412. The summed E-state index contributed by atoms with van der Waals surface area (Å²) in [4.78, 5) is 12.2. The molecule has 3 saturated carbocycles. The summed E-state index contributed by atoms with van der Waals surface area (Å²) in [6.07, 6.45) is 8.42. The van der Waals surface area contributed by atoms with E-state index in [2.05, 4.69) is 19.9 Å². The highest BCUT2D eigenvalue weighted by Crippen LogP contribution is 2.67. The van der Waals surface area contributed by atoms with Gasteiger partial charge in [0.2, 0.25) is 0 Å². The Morgan fingerprint density at radius 1 is 1.16 bits per heavy atom. The van der Waals surface area contributed by atoms with Crippen LogP contribution in [0.15, 0.2) is 23.8 Å². The summed E-state index contributed by atoms with van der Waals surface area (Å²) < 4.78 is 0. The maximum atomic E-state index is 12.2. The van der Waals surface area contributed by atoms with Crippen molar-refractivity contribution in [3.8, 4) is 0 Å². The van der Waals surface area contributed by atoms with E-state index in [0.717, 1.165) is 24.8 Å². The third-order valence-corrected chi connectivity index (χ3v) is 8.41. The number of hydrogen-bond acceptors (Lipinski definition) is 4. The van der Waals surface area contributed by atoms with Crippen molar-refractivity contribution in [2.45, 2.75) is 70.7 Å². The van der Waals surface area contributed by atoms with E-state index in [1.54, 1.807) is 0 Å². The Labute approximate surface area is 149 Å². The van der Waals surface area contributed by atoms with Gasteiger partial charge in [-0.2, -0.15) is 0 Å². The minimum atomic E-state index is -1.25. The van der Waals surface area contributed by atoms with Crippen molar-refractivity contribution < 1.29 is 20.1 Å². The van der Waals surface area contributed by atoms with Gasteiger partial charge in [-0.3, -0.25) is 4.79 Å². The molecule has 0 aromatic heterocycles. The average molecular weight is 346 g/mol. The molecule has 0 unspecified atom stereocenters. The van der Waals surface area contributed by atoms with E-state index in [1.807, 2.05) is 12.2 Å². The summed E-state index contributed by atoms with van der Waals surface area (Å²) >= 11 is 0. The Bertz CT molecular complexity index is 667. The number of Topliss-reactive ketones (excluding diaryl/α,β-unsaturated/α-hetero) is 1. The number of aliphatic hydroxyl groups excluding tert-OH is 2. The summed E-state index contributed by atoms with van der Waals surface area (Å²) in [5.41, 5.74) is -0.699. The van der Waals surface area contributed by atoms with Gasteiger partial charge in [-0.1, -0.05) is 37.6 Å². The van der Waals surface area contributed by atoms with Crippen LogP contribution in [0.3, 0.4) is 0 Å². The van der Waals surface area contributed by atoms with Gasteiger partial charge >= 0.3 is 0 Å². The summed E-state index contributed by atoms with van der Waals surface area (Å²) in [7, 11) is 0. The molecule has 0 saturated heterocycles. The van der Waals surface area contributed by atoms with Crippen LogP contribution in [-0.2, 0) is 4.79 Å². The smallest absolute Gasteiger partial charge is 0.161 e. The number of fused-ring (bicyclic) bond motifs is 5. The maximum absolute atomic E-state index is 12.2. The highest BCUT2D eigenvalue weighted by atomic mass is 16.3. The van der Waals surface area contributed by atoms with Gasteiger partial charge in [0.25, 0.3) is 0 Å². The zero-order valence-corrected chi connectivity index (χ0v) is 15.4. The number of allylic oxidation sites excluding steroid dienone is 1. The van der Waals surface area contributed by atoms with Crippen LogP contribution in [0.5, 0.6) is 0 Å². The molecule has 0 aliphatic heterocycles. The molecule has 0 heterocycles. The number of aliphatic hydroxyl groups is 3. The molecule has 0 aromatic rings. The molecule has 4 aliphatic rings. The Hall–Kier alpha value is -0.970. The lowest BCUT2D eigenvalue weighted by Gasteiger charge is -2.59. The van der Waals surface area contributed by atoms with E-state index in [1.165, 1.54) is 6.92 Å². The van der Waals surface area contributed by atoms with Gasteiger partial charge in [-0.15, -0.1) is 0 Å². The van der Waals surface area contributed by atoms with Crippen molar-refractivity contribution in [3.63, 3.8) is 0 Å². The van der Waals surface area contributed by atoms with Crippen LogP contribution in [-0.4, -0.2) is 38.9 Å². The molecule has 3 fully saturated rings. The van der Waals surface area contributed by atoms with Crippen LogP contribution in [0.25, 0.3) is 0 Å². The number of rotatable bonds is 1. The number of ketones is 1. The zero-order chi connectivity index (χ0) is 18.2. The van der Waals surface area contributed by atoms with Crippen molar-refractivity contribution in [1.29, 1.82) is 0 Å². The lowest BCUT2D eigenvalue weighted by Crippen LogP contribution is -2.59.